The van der Waals surface area contributed by atoms with E-state index in [1.54, 1.807) is 0 Å². The van der Waals surface area contributed by atoms with Gasteiger partial charge in [0.2, 0.25) is 0 Å². The average Bonchev–Trinajstić information content (AvgIpc) is 2.29. The van der Waals surface area contributed by atoms with Crippen molar-refractivity contribution < 1.29 is 0 Å². The van der Waals surface area contributed by atoms with E-state index in [0.29, 0.717) is 6.04 Å². The first kappa shape index (κ1) is 11.9. The fourth-order valence-corrected chi connectivity index (χ4v) is 2.66. The summed E-state index contributed by atoms with van der Waals surface area (Å²) in [5, 5.41) is 4.51. The lowest BCUT2D eigenvalue weighted by molar-refractivity contribution is 0.372. The van der Waals surface area contributed by atoms with Crippen molar-refractivity contribution in [1.29, 1.82) is 0 Å². The summed E-state index contributed by atoms with van der Waals surface area (Å²) in [6.07, 6.45) is 6.80. The topological polar surface area (TPSA) is 12.0 Å². The molecule has 0 aromatic heterocycles. The number of nitrogens with one attached hydrogen (secondary N) is 1. The van der Waals surface area contributed by atoms with Gasteiger partial charge < -0.3 is 5.32 Å². The Morgan fingerprint density at radius 3 is 2.69 bits per heavy atom. The number of rotatable bonds is 3. The van der Waals surface area contributed by atoms with E-state index in [1.165, 1.54) is 43.2 Å². The fraction of sp³-hybridized carbons (Fsp3) is 0.571. The van der Waals surface area contributed by atoms with Crippen LogP contribution in [0.3, 0.4) is 0 Å². The minimum atomic E-state index is 0.700. The lowest BCUT2D eigenvalue weighted by Crippen LogP contribution is -2.30. The Kier molecular flexibility index (Phi) is 4.25. The molecule has 0 unspecified atom stereocenters. The highest BCUT2D eigenvalue weighted by atomic mass is 35.5. The van der Waals surface area contributed by atoms with Gasteiger partial charge in [-0.2, -0.15) is 0 Å². The van der Waals surface area contributed by atoms with Gasteiger partial charge in [-0.15, -0.1) is 0 Å². The first-order valence-corrected chi connectivity index (χ1v) is 6.62. The molecule has 0 bridgehead atoms. The van der Waals surface area contributed by atoms with Crippen molar-refractivity contribution in [3.05, 3.63) is 34.3 Å². The molecule has 1 fully saturated rings. The lowest BCUT2D eigenvalue weighted by atomic mass is 9.95. The molecule has 1 aromatic rings. The van der Waals surface area contributed by atoms with E-state index in [2.05, 4.69) is 24.4 Å². The van der Waals surface area contributed by atoms with Crippen LogP contribution in [0.15, 0.2) is 18.2 Å². The number of hydrogen-bond acceptors (Lipinski definition) is 1. The molecular formula is C14H20ClN. The molecule has 0 amide bonds. The Labute approximate surface area is 103 Å². The van der Waals surface area contributed by atoms with Crippen LogP contribution >= 0.6 is 11.6 Å². The molecule has 0 spiro atoms. The summed E-state index contributed by atoms with van der Waals surface area (Å²) in [5.41, 5.74) is 2.45. The normalized spacial score (nSPS) is 17.6. The molecule has 2 heteroatoms. The minimum Gasteiger partial charge on any atom is -0.310 e. The highest BCUT2D eigenvalue weighted by Gasteiger charge is 2.12. The van der Waals surface area contributed by atoms with Crippen LogP contribution in [0.4, 0.5) is 0 Å². The van der Waals surface area contributed by atoms with Crippen molar-refractivity contribution >= 4 is 11.6 Å². The van der Waals surface area contributed by atoms with Gasteiger partial charge in [0, 0.05) is 17.6 Å². The van der Waals surface area contributed by atoms with Crippen molar-refractivity contribution in [3.8, 4) is 0 Å². The highest BCUT2D eigenvalue weighted by Crippen LogP contribution is 2.20. The fourth-order valence-electron chi connectivity index (χ4n) is 2.36. The molecule has 16 heavy (non-hydrogen) atoms. The van der Waals surface area contributed by atoms with E-state index >= 15 is 0 Å². The number of halogens is 1. The molecule has 0 saturated heterocycles. The molecular weight excluding hydrogens is 218 g/mol. The van der Waals surface area contributed by atoms with E-state index in [4.69, 9.17) is 11.6 Å². The predicted molar refractivity (Wildman–Crippen MR) is 69.9 cm³/mol. The minimum absolute atomic E-state index is 0.700. The second kappa shape index (κ2) is 5.70. The molecule has 0 radical (unpaired) electrons. The van der Waals surface area contributed by atoms with Gasteiger partial charge in [0.15, 0.2) is 0 Å². The van der Waals surface area contributed by atoms with Crippen LogP contribution < -0.4 is 5.32 Å². The monoisotopic (exact) mass is 237 g/mol. The average molecular weight is 238 g/mol. The molecule has 2 rings (SSSR count). The van der Waals surface area contributed by atoms with Gasteiger partial charge in [-0.1, -0.05) is 43.0 Å². The van der Waals surface area contributed by atoms with Crippen LogP contribution in [0.5, 0.6) is 0 Å². The van der Waals surface area contributed by atoms with Crippen LogP contribution in [-0.2, 0) is 6.54 Å². The Morgan fingerprint density at radius 2 is 2.00 bits per heavy atom. The Balaban J connectivity index is 1.88. The molecule has 1 aromatic carbocycles. The third kappa shape index (κ3) is 3.23. The first-order chi connectivity index (χ1) is 7.75. The second-order valence-corrected chi connectivity index (χ2v) is 5.22. The maximum Gasteiger partial charge on any atom is 0.0453 e. The van der Waals surface area contributed by atoms with Gasteiger partial charge in [0.1, 0.15) is 0 Å². The van der Waals surface area contributed by atoms with Crippen molar-refractivity contribution in [1.82, 2.24) is 5.32 Å². The van der Waals surface area contributed by atoms with E-state index in [0.717, 1.165) is 11.6 Å². The SMILES string of the molecule is Cc1ccc(CNC2CCCCC2)c(Cl)c1. The first-order valence-electron chi connectivity index (χ1n) is 6.24. The zero-order chi connectivity index (χ0) is 11.4. The lowest BCUT2D eigenvalue weighted by Gasteiger charge is -2.23. The smallest absolute Gasteiger partial charge is 0.0453 e. The summed E-state index contributed by atoms with van der Waals surface area (Å²) in [7, 11) is 0. The van der Waals surface area contributed by atoms with Gasteiger partial charge in [-0.3, -0.25) is 0 Å². The molecule has 1 nitrogen and oxygen atoms in total. The number of aryl methyl sites for hydroxylation is 1. The van der Waals surface area contributed by atoms with Gasteiger partial charge in [-0.05, 0) is 37.0 Å². The van der Waals surface area contributed by atoms with Crippen LogP contribution in [0.2, 0.25) is 5.02 Å². The zero-order valence-electron chi connectivity index (χ0n) is 9.93. The molecule has 0 aliphatic heterocycles. The third-order valence-corrected chi connectivity index (χ3v) is 3.75. The maximum atomic E-state index is 6.21. The summed E-state index contributed by atoms with van der Waals surface area (Å²) in [4.78, 5) is 0. The molecule has 1 saturated carbocycles. The molecule has 1 N–H and O–H groups in total. The van der Waals surface area contributed by atoms with Gasteiger partial charge in [-0.25, -0.2) is 0 Å². The second-order valence-electron chi connectivity index (χ2n) is 4.81. The number of hydrogen-bond donors (Lipinski definition) is 1. The van der Waals surface area contributed by atoms with Crippen molar-refractivity contribution in [2.45, 2.75) is 51.6 Å². The highest BCUT2D eigenvalue weighted by molar-refractivity contribution is 6.31. The van der Waals surface area contributed by atoms with E-state index in [1.807, 2.05) is 6.07 Å². The van der Waals surface area contributed by atoms with E-state index in [-0.39, 0.29) is 0 Å². The summed E-state index contributed by atoms with van der Waals surface area (Å²) in [6.45, 7) is 2.98. The number of benzene rings is 1. The van der Waals surface area contributed by atoms with Gasteiger partial charge >= 0.3 is 0 Å². The van der Waals surface area contributed by atoms with Crippen LogP contribution in [0.1, 0.15) is 43.2 Å². The summed E-state index contributed by atoms with van der Waals surface area (Å²) in [5.74, 6) is 0. The predicted octanol–water partition coefficient (Wildman–Crippen LogP) is 4.07. The molecule has 1 aliphatic rings. The van der Waals surface area contributed by atoms with Crippen LogP contribution in [0.25, 0.3) is 0 Å². The molecule has 0 heterocycles. The van der Waals surface area contributed by atoms with Crippen molar-refractivity contribution in [2.75, 3.05) is 0 Å². The summed E-state index contributed by atoms with van der Waals surface area (Å²) >= 11 is 6.21. The van der Waals surface area contributed by atoms with E-state index < -0.39 is 0 Å². The Morgan fingerprint density at radius 1 is 1.25 bits per heavy atom. The summed E-state index contributed by atoms with van der Waals surface area (Å²) < 4.78 is 0. The Bertz CT molecular complexity index is 343. The molecule has 88 valence electrons. The standard InChI is InChI=1S/C14H20ClN/c1-11-7-8-12(14(15)9-11)10-16-13-5-3-2-4-6-13/h7-9,13,16H,2-6,10H2,1H3. The zero-order valence-corrected chi connectivity index (χ0v) is 10.7. The van der Waals surface area contributed by atoms with Crippen LogP contribution in [-0.4, -0.2) is 6.04 Å². The summed E-state index contributed by atoms with van der Waals surface area (Å²) in [6, 6.07) is 7.00. The van der Waals surface area contributed by atoms with Crippen LogP contribution in [0, 0.1) is 6.92 Å². The van der Waals surface area contributed by atoms with Crippen molar-refractivity contribution in [3.63, 3.8) is 0 Å². The molecule has 1 aliphatic carbocycles. The Hall–Kier alpha value is -0.530. The maximum absolute atomic E-state index is 6.21. The third-order valence-electron chi connectivity index (χ3n) is 3.39. The van der Waals surface area contributed by atoms with Gasteiger partial charge in [0.25, 0.3) is 0 Å². The molecule has 0 atom stereocenters. The van der Waals surface area contributed by atoms with E-state index in [9.17, 15) is 0 Å². The van der Waals surface area contributed by atoms with Gasteiger partial charge in [0.05, 0.1) is 0 Å². The quantitative estimate of drug-likeness (QED) is 0.836. The largest absolute Gasteiger partial charge is 0.310 e. The van der Waals surface area contributed by atoms with Crippen molar-refractivity contribution in [2.24, 2.45) is 0 Å².